The summed E-state index contributed by atoms with van der Waals surface area (Å²) in [5, 5.41) is 6.79. The van der Waals surface area contributed by atoms with E-state index in [2.05, 4.69) is 15.2 Å². The van der Waals surface area contributed by atoms with Crippen molar-refractivity contribution in [1.82, 2.24) is 4.98 Å². The Morgan fingerprint density at radius 1 is 1.50 bits per heavy atom. The van der Waals surface area contributed by atoms with E-state index in [9.17, 15) is 4.39 Å². The molecule has 1 heterocycles. The number of rotatable bonds is 2. The molecule has 4 N–H and O–H groups in total. The second-order valence-electron chi connectivity index (χ2n) is 2.28. The average Bonchev–Trinajstić information content (AvgIpc) is 2.08. The van der Waals surface area contributed by atoms with Gasteiger partial charge in [0.1, 0.15) is 5.15 Å². The third-order valence-electron chi connectivity index (χ3n) is 1.21. The van der Waals surface area contributed by atoms with Crippen molar-refractivity contribution in [3.05, 3.63) is 28.8 Å². The summed E-state index contributed by atoms with van der Waals surface area (Å²) in [5.74, 6) is -0.935. The van der Waals surface area contributed by atoms with Crippen LogP contribution in [0.3, 0.4) is 0 Å². The molecule has 0 radical (unpaired) electrons. The Bertz CT molecular complexity index is 386. The van der Waals surface area contributed by atoms with E-state index in [1.54, 1.807) is 0 Å². The van der Waals surface area contributed by atoms with Crippen LogP contribution in [0.15, 0.2) is 22.3 Å². The fourth-order valence-electron chi connectivity index (χ4n) is 0.677. The molecule has 0 aliphatic carbocycles. The number of nitrogens with zero attached hydrogens (tertiary/aromatic N) is 3. The predicted molar refractivity (Wildman–Crippen MR) is 52.6 cm³/mol. The van der Waals surface area contributed by atoms with Gasteiger partial charge in [-0.25, -0.2) is 4.98 Å². The maximum atomic E-state index is 13.0. The first-order chi connectivity index (χ1) is 6.59. The molecule has 0 saturated carbocycles. The van der Waals surface area contributed by atoms with Gasteiger partial charge in [-0.3, -0.25) is 0 Å². The molecular weight excluding hydrogens is 209 g/mol. The Balaban J connectivity index is 2.87. The molecule has 14 heavy (non-hydrogen) atoms. The molecule has 0 saturated heterocycles. The number of pyridine rings is 1. The first-order valence-electron chi connectivity index (χ1n) is 3.53. The summed E-state index contributed by atoms with van der Waals surface area (Å²) in [6.07, 6.45) is 1.14. The van der Waals surface area contributed by atoms with Crippen molar-refractivity contribution in [1.29, 1.82) is 0 Å². The lowest BCUT2D eigenvalue weighted by Crippen LogP contribution is -2.21. The van der Waals surface area contributed by atoms with Crippen LogP contribution in [0.4, 0.5) is 4.39 Å². The number of hydrogen-bond donors (Lipinski definition) is 2. The van der Waals surface area contributed by atoms with Crippen LogP contribution in [0.5, 0.6) is 0 Å². The Morgan fingerprint density at radius 3 is 2.79 bits per heavy atom. The zero-order valence-electron chi connectivity index (χ0n) is 6.98. The van der Waals surface area contributed by atoms with Gasteiger partial charge in [-0.2, -0.15) is 9.49 Å². The molecule has 1 aromatic rings. The SMILES string of the molecule is NC(N)=N/N=C/c1ccc(Cl)nc1F. The number of hydrogen-bond acceptors (Lipinski definition) is 3. The summed E-state index contributed by atoms with van der Waals surface area (Å²) in [6.45, 7) is 0. The smallest absolute Gasteiger partial charge is 0.223 e. The van der Waals surface area contributed by atoms with E-state index in [4.69, 9.17) is 23.1 Å². The molecule has 0 aliphatic rings. The topological polar surface area (TPSA) is 89.7 Å². The monoisotopic (exact) mass is 215 g/mol. The van der Waals surface area contributed by atoms with Crippen LogP contribution < -0.4 is 11.5 Å². The van der Waals surface area contributed by atoms with Crippen molar-refractivity contribution in [3.63, 3.8) is 0 Å². The Hall–Kier alpha value is -1.69. The molecule has 0 bridgehead atoms. The van der Waals surface area contributed by atoms with Gasteiger partial charge in [0.2, 0.25) is 11.9 Å². The maximum Gasteiger partial charge on any atom is 0.223 e. The van der Waals surface area contributed by atoms with Gasteiger partial charge in [0.25, 0.3) is 0 Å². The van der Waals surface area contributed by atoms with Gasteiger partial charge in [-0.1, -0.05) is 11.6 Å². The molecule has 0 unspecified atom stereocenters. The van der Waals surface area contributed by atoms with Gasteiger partial charge in [-0.15, -0.1) is 5.10 Å². The molecular formula is C7H7ClFN5. The van der Waals surface area contributed by atoms with E-state index in [0.29, 0.717) is 0 Å². The lowest BCUT2D eigenvalue weighted by atomic mass is 10.3. The van der Waals surface area contributed by atoms with E-state index in [1.165, 1.54) is 12.1 Å². The van der Waals surface area contributed by atoms with Crippen molar-refractivity contribution in [2.75, 3.05) is 0 Å². The van der Waals surface area contributed by atoms with E-state index in [0.717, 1.165) is 6.21 Å². The number of guanidine groups is 1. The molecule has 0 spiro atoms. The van der Waals surface area contributed by atoms with Gasteiger partial charge >= 0.3 is 0 Å². The van der Waals surface area contributed by atoms with Crippen LogP contribution in [0.1, 0.15) is 5.56 Å². The van der Waals surface area contributed by atoms with Crippen molar-refractivity contribution < 1.29 is 4.39 Å². The van der Waals surface area contributed by atoms with Gasteiger partial charge in [0.15, 0.2) is 0 Å². The summed E-state index contributed by atoms with van der Waals surface area (Å²) in [4.78, 5) is 3.37. The zero-order valence-corrected chi connectivity index (χ0v) is 7.74. The second kappa shape index (κ2) is 4.52. The predicted octanol–water partition coefficient (Wildman–Crippen LogP) is 0.481. The van der Waals surface area contributed by atoms with E-state index >= 15 is 0 Å². The van der Waals surface area contributed by atoms with Crippen LogP contribution in [-0.2, 0) is 0 Å². The largest absolute Gasteiger partial charge is 0.369 e. The normalized spacial score (nSPS) is 10.4. The van der Waals surface area contributed by atoms with Gasteiger partial charge in [-0.05, 0) is 12.1 Å². The summed E-state index contributed by atoms with van der Waals surface area (Å²) < 4.78 is 13.0. The first-order valence-corrected chi connectivity index (χ1v) is 3.91. The molecule has 1 aromatic heterocycles. The van der Waals surface area contributed by atoms with Crippen molar-refractivity contribution >= 4 is 23.8 Å². The fourth-order valence-corrected chi connectivity index (χ4v) is 0.814. The fraction of sp³-hybridized carbons (Fsp3) is 0. The molecule has 5 nitrogen and oxygen atoms in total. The van der Waals surface area contributed by atoms with Crippen LogP contribution in [0.2, 0.25) is 5.15 Å². The maximum absolute atomic E-state index is 13.0. The van der Waals surface area contributed by atoms with Crippen LogP contribution in [0.25, 0.3) is 0 Å². The Kier molecular flexibility index (Phi) is 3.35. The van der Waals surface area contributed by atoms with Gasteiger partial charge < -0.3 is 11.5 Å². The molecule has 0 aromatic carbocycles. The quantitative estimate of drug-likeness (QED) is 0.325. The minimum Gasteiger partial charge on any atom is -0.369 e. The van der Waals surface area contributed by atoms with E-state index in [-0.39, 0.29) is 16.7 Å². The highest BCUT2D eigenvalue weighted by atomic mass is 35.5. The summed E-state index contributed by atoms with van der Waals surface area (Å²) in [7, 11) is 0. The standard InChI is InChI=1S/C7H7ClFN5/c8-5-2-1-4(6(9)13-5)3-12-14-7(10)11/h1-3H,(H4,10,11,14)/b12-3+. The lowest BCUT2D eigenvalue weighted by Gasteiger charge is -1.94. The van der Waals surface area contributed by atoms with Gasteiger partial charge in [0.05, 0.1) is 6.21 Å². The molecule has 7 heteroatoms. The number of aromatic nitrogens is 1. The number of nitrogens with two attached hydrogens (primary N) is 2. The minimum absolute atomic E-state index is 0.0708. The molecule has 0 fully saturated rings. The van der Waals surface area contributed by atoms with Crippen LogP contribution in [0, 0.1) is 5.95 Å². The highest BCUT2D eigenvalue weighted by molar-refractivity contribution is 6.29. The van der Waals surface area contributed by atoms with Crippen molar-refractivity contribution in [3.8, 4) is 0 Å². The molecule has 1 rings (SSSR count). The van der Waals surface area contributed by atoms with E-state index < -0.39 is 5.95 Å². The minimum atomic E-state index is -0.730. The molecule has 0 aliphatic heterocycles. The van der Waals surface area contributed by atoms with Crippen LogP contribution in [-0.4, -0.2) is 17.2 Å². The molecule has 0 atom stereocenters. The Labute approximate surface area is 84.3 Å². The summed E-state index contributed by atoms with van der Waals surface area (Å²) in [6, 6.07) is 2.85. The highest BCUT2D eigenvalue weighted by Gasteiger charge is 2.00. The molecule has 0 amide bonds. The second-order valence-corrected chi connectivity index (χ2v) is 2.67. The third-order valence-corrected chi connectivity index (χ3v) is 1.42. The van der Waals surface area contributed by atoms with Crippen molar-refractivity contribution in [2.45, 2.75) is 0 Å². The summed E-state index contributed by atoms with van der Waals surface area (Å²) >= 11 is 5.44. The highest BCUT2D eigenvalue weighted by Crippen LogP contribution is 2.08. The first kappa shape index (κ1) is 10.4. The van der Waals surface area contributed by atoms with Crippen LogP contribution >= 0.6 is 11.6 Å². The van der Waals surface area contributed by atoms with Crippen molar-refractivity contribution in [2.24, 2.45) is 21.7 Å². The average molecular weight is 216 g/mol. The zero-order chi connectivity index (χ0) is 10.6. The lowest BCUT2D eigenvalue weighted by molar-refractivity contribution is 0.582. The third kappa shape index (κ3) is 2.98. The van der Waals surface area contributed by atoms with E-state index in [1.807, 2.05) is 0 Å². The molecule has 74 valence electrons. The Morgan fingerprint density at radius 2 is 2.21 bits per heavy atom. The number of halogens is 2. The van der Waals surface area contributed by atoms with Gasteiger partial charge in [0, 0.05) is 5.56 Å². The summed E-state index contributed by atoms with van der Waals surface area (Å²) in [5.41, 5.74) is 10.2.